The van der Waals surface area contributed by atoms with E-state index in [2.05, 4.69) is 0 Å². The normalized spacial score (nSPS) is 11.9. The minimum absolute atomic E-state index is 0.00171. The van der Waals surface area contributed by atoms with Crippen LogP contribution in [0.2, 0.25) is 0 Å². The minimum Gasteiger partial charge on any atom is -0.339 e. The topological polar surface area (TPSA) is 89.5 Å². The number of carbonyl (C=O) groups excluding carboxylic acids is 1. The first-order valence-electron chi connectivity index (χ1n) is 6.27. The summed E-state index contributed by atoms with van der Waals surface area (Å²) in [6, 6.07) is 9.26. The Bertz CT molecular complexity index is 643. The number of benzene rings is 1. The molecule has 0 saturated carbocycles. The molecule has 110 valence electrons. The molecule has 0 radical (unpaired) electrons. The summed E-state index contributed by atoms with van der Waals surface area (Å²) in [4.78, 5) is 25.0. The lowest BCUT2D eigenvalue weighted by molar-refractivity contribution is -0.385. The van der Waals surface area contributed by atoms with E-state index in [9.17, 15) is 14.9 Å². The Balaban J connectivity index is 2.13. The third kappa shape index (κ3) is 3.45. The van der Waals surface area contributed by atoms with Crippen LogP contribution >= 0.6 is 11.3 Å². The zero-order valence-electron chi connectivity index (χ0n) is 11.4. The zero-order valence-corrected chi connectivity index (χ0v) is 12.2. The molecule has 0 bridgehead atoms. The Hall–Kier alpha value is -2.25. The van der Waals surface area contributed by atoms with E-state index in [1.54, 1.807) is 31.3 Å². The summed E-state index contributed by atoms with van der Waals surface area (Å²) >= 11 is 1.41. The number of thiophene rings is 1. The average molecular weight is 305 g/mol. The second-order valence-electron chi connectivity index (χ2n) is 4.57. The maximum atomic E-state index is 12.3. The number of nitrogens with two attached hydrogens (primary N) is 1. The molecule has 21 heavy (non-hydrogen) atoms. The molecule has 0 saturated heterocycles. The molecule has 1 aromatic carbocycles. The van der Waals surface area contributed by atoms with Gasteiger partial charge < -0.3 is 10.6 Å². The lowest BCUT2D eigenvalue weighted by atomic mass is 10.1. The molecule has 0 aliphatic heterocycles. The predicted octanol–water partition coefficient (Wildman–Crippen LogP) is 2.31. The number of para-hydroxylation sites is 1. The molecule has 1 atom stereocenters. The molecule has 6 nitrogen and oxygen atoms in total. The molecular weight excluding hydrogens is 290 g/mol. The molecule has 2 aromatic rings. The molecule has 1 heterocycles. The lowest BCUT2D eigenvalue weighted by Gasteiger charge is -2.20. The Morgan fingerprint density at radius 3 is 2.71 bits per heavy atom. The molecule has 1 aromatic heterocycles. The van der Waals surface area contributed by atoms with E-state index in [1.807, 2.05) is 11.4 Å². The second-order valence-corrected chi connectivity index (χ2v) is 5.55. The number of rotatable bonds is 5. The minimum atomic E-state index is -0.738. The Labute approximate surface area is 126 Å². The van der Waals surface area contributed by atoms with E-state index in [0.717, 1.165) is 4.88 Å². The van der Waals surface area contributed by atoms with Gasteiger partial charge in [0.25, 0.3) is 5.69 Å². The highest BCUT2D eigenvalue weighted by Crippen LogP contribution is 2.22. The highest BCUT2D eigenvalue weighted by molar-refractivity contribution is 7.10. The monoisotopic (exact) mass is 305 g/mol. The molecular formula is C14H15N3O3S. The molecule has 2 N–H and O–H groups in total. The van der Waals surface area contributed by atoms with Gasteiger partial charge in [-0.3, -0.25) is 14.9 Å². The van der Waals surface area contributed by atoms with Crippen molar-refractivity contribution in [2.24, 2.45) is 5.73 Å². The van der Waals surface area contributed by atoms with Crippen molar-refractivity contribution >= 4 is 22.9 Å². The van der Waals surface area contributed by atoms with Crippen LogP contribution in [0.4, 0.5) is 5.69 Å². The fourth-order valence-corrected chi connectivity index (χ4v) is 2.70. The summed E-state index contributed by atoms with van der Waals surface area (Å²) in [5, 5.41) is 12.8. The van der Waals surface area contributed by atoms with Crippen molar-refractivity contribution in [1.29, 1.82) is 0 Å². The van der Waals surface area contributed by atoms with E-state index in [1.165, 1.54) is 22.3 Å². The fraction of sp³-hybridized carbons (Fsp3) is 0.214. The number of nitrogens with zero attached hydrogens (tertiary/aromatic N) is 2. The van der Waals surface area contributed by atoms with Gasteiger partial charge in [-0.15, -0.1) is 11.3 Å². The van der Waals surface area contributed by atoms with Crippen LogP contribution in [0, 0.1) is 10.1 Å². The van der Waals surface area contributed by atoms with E-state index in [4.69, 9.17) is 5.73 Å². The predicted molar refractivity (Wildman–Crippen MR) is 80.8 cm³/mol. The third-order valence-electron chi connectivity index (χ3n) is 3.09. The first-order chi connectivity index (χ1) is 10.0. The Morgan fingerprint density at radius 2 is 2.10 bits per heavy atom. The molecule has 0 aliphatic rings. The van der Waals surface area contributed by atoms with Crippen molar-refractivity contribution in [3.05, 3.63) is 62.3 Å². The standard InChI is InChI=1S/C14H15N3O3S/c1-16(14(18)13(15)12-7-4-8-21-12)9-10-5-2-3-6-11(10)17(19)20/h2-8,13H,9,15H2,1H3. The van der Waals surface area contributed by atoms with E-state index < -0.39 is 11.0 Å². The molecule has 0 fully saturated rings. The molecule has 2 rings (SSSR count). The van der Waals surface area contributed by atoms with Crippen LogP contribution in [0.25, 0.3) is 0 Å². The van der Waals surface area contributed by atoms with Gasteiger partial charge in [0, 0.05) is 23.6 Å². The van der Waals surface area contributed by atoms with Crippen molar-refractivity contribution in [3.8, 4) is 0 Å². The maximum absolute atomic E-state index is 12.3. The maximum Gasteiger partial charge on any atom is 0.274 e. The van der Waals surface area contributed by atoms with Gasteiger partial charge in [0.15, 0.2) is 0 Å². The van der Waals surface area contributed by atoms with Crippen molar-refractivity contribution in [2.75, 3.05) is 7.05 Å². The van der Waals surface area contributed by atoms with Gasteiger partial charge in [-0.2, -0.15) is 0 Å². The highest BCUT2D eigenvalue weighted by atomic mass is 32.1. The third-order valence-corrected chi connectivity index (χ3v) is 4.04. The van der Waals surface area contributed by atoms with E-state index in [-0.39, 0.29) is 18.1 Å². The van der Waals surface area contributed by atoms with Gasteiger partial charge >= 0.3 is 0 Å². The van der Waals surface area contributed by atoms with E-state index >= 15 is 0 Å². The number of likely N-dealkylation sites (N-methyl/N-ethyl adjacent to an activating group) is 1. The first-order valence-corrected chi connectivity index (χ1v) is 7.15. The van der Waals surface area contributed by atoms with Crippen LogP contribution < -0.4 is 5.73 Å². The molecule has 0 spiro atoms. The number of nitro benzene ring substituents is 1. The SMILES string of the molecule is CN(Cc1ccccc1[N+](=O)[O-])C(=O)C(N)c1cccs1. The summed E-state index contributed by atoms with van der Waals surface area (Å²) in [5.74, 6) is -0.268. The van der Waals surface area contributed by atoms with Gasteiger partial charge in [-0.1, -0.05) is 24.3 Å². The van der Waals surface area contributed by atoms with Crippen molar-refractivity contribution in [2.45, 2.75) is 12.6 Å². The van der Waals surface area contributed by atoms with Gasteiger partial charge in [0.2, 0.25) is 5.91 Å². The van der Waals surface area contributed by atoms with Crippen LogP contribution in [0.3, 0.4) is 0 Å². The number of amides is 1. The van der Waals surface area contributed by atoms with Crippen LogP contribution in [-0.4, -0.2) is 22.8 Å². The van der Waals surface area contributed by atoms with Crippen LogP contribution in [0.5, 0.6) is 0 Å². The van der Waals surface area contributed by atoms with Gasteiger partial charge in [-0.05, 0) is 11.4 Å². The number of nitro groups is 1. The molecule has 0 aliphatic carbocycles. The summed E-state index contributed by atoms with van der Waals surface area (Å²) in [7, 11) is 1.59. The van der Waals surface area contributed by atoms with Gasteiger partial charge in [-0.25, -0.2) is 0 Å². The van der Waals surface area contributed by atoms with Crippen molar-refractivity contribution in [3.63, 3.8) is 0 Å². The van der Waals surface area contributed by atoms with Gasteiger partial charge in [0.1, 0.15) is 6.04 Å². The molecule has 1 amide bonds. The number of hydrogen-bond acceptors (Lipinski definition) is 5. The fourth-order valence-electron chi connectivity index (χ4n) is 1.98. The van der Waals surface area contributed by atoms with Crippen LogP contribution in [0.15, 0.2) is 41.8 Å². The summed E-state index contributed by atoms with van der Waals surface area (Å²) in [6.07, 6.45) is 0. The van der Waals surface area contributed by atoms with Crippen molar-refractivity contribution in [1.82, 2.24) is 4.90 Å². The largest absolute Gasteiger partial charge is 0.339 e. The summed E-state index contributed by atoms with van der Waals surface area (Å²) < 4.78 is 0. The van der Waals surface area contributed by atoms with Crippen molar-refractivity contribution < 1.29 is 9.72 Å². The zero-order chi connectivity index (χ0) is 15.4. The summed E-state index contributed by atoms with van der Waals surface area (Å²) in [5.41, 5.74) is 6.41. The first kappa shape index (κ1) is 15.1. The number of carbonyl (C=O) groups is 1. The average Bonchev–Trinajstić information content (AvgIpc) is 3.00. The Kier molecular flexibility index (Phi) is 4.66. The molecule has 1 unspecified atom stereocenters. The second kappa shape index (κ2) is 6.47. The van der Waals surface area contributed by atoms with E-state index in [0.29, 0.717) is 5.56 Å². The summed E-state index contributed by atoms with van der Waals surface area (Å²) in [6.45, 7) is 0.148. The number of hydrogen-bond donors (Lipinski definition) is 1. The van der Waals surface area contributed by atoms with Crippen LogP contribution in [-0.2, 0) is 11.3 Å². The molecule has 7 heteroatoms. The highest BCUT2D eigenvalue weighted by Gasteiger charge is 2.23. The van der Waals surface area contributed by atoms with Gasteiger partial charge in [0.05, 0.1) is 11.5 Å². The quantitative estimate of drug-likeness (QED) is 0.678. The Morgan fingerprint density at radius 1 is 1.38 bits per heavy atom. The lowest BCUT2D eigenvalue weighted by Crippen LogP contribution is -2.35. The smallest absolute Gasteiger partial charge is 0.274 e. The van der Waals surface area contributed by atoms with Crippen LogP contribution in [0.1, 0.15) is 16.5 Å².